The lowest BCUT2D eigenvalue weighted by Gasteiger charge is -2.27. The molecule has 0 aromatic heterocycles. The van der Waals surface area contributed by atoms with E-state index in [1.807, 2.05) is 23.1 Å². The van der Waals surface area contributed by atoms with E-state index in [4.69, 9.17) is 9.47 Å². The van der Waals surface area contributed by atoms with Gasteiger partial charge in [0.05, 0.1) is 0 Å². The van der Waals surface area contributed by atoms with Gasteiger partial charge in [-0.1, -0.05) is 6.07 Å². The molecule has 2 aliphatic heterocycles. The van der Waals surface area contributed by atoms with E-state index in [-0.39, 0.29) is 12.8 Å². The molecule has 2 amide bonds. The zero-order valence-electron chi connectivity index (χ0n) is 10.6. The van der Waals surface area contributed by atoms with E-state index in [1.54, 1.807) is 0 Å². The third-order valence-electron chi connectivity index (χ3n) is 3.28. The molecule has 6 nitrogen and oxygen atoms in total. The van der Waals surface area contributed by atoms with Crippen molar-refractivity contribution in [3.8, 4) is 11.5 Å². The second kappa shape index (κ2) is 5.36. The van der Waals surface area contributed by atoms with Crippen LogP contribution < -0.4 is 20.1 Å². The van der Waals surface area contributed by atoms with Gasteiger partial charge in [-0.05, 0) is 17.7 Å². The molecule has 1 fully saturated rings. The maximum Gasteiger partial charge on any atom is 0.317 e. The van der Waals surface area contributed by atoms with E-state index in [1.165, 1.54) is 0 Å². The molecule has 102 valence electrons. The maximum absolute atomic E-state index is 11.9. The quantitative estimate of drug-likeness (QED) is 0.817. The number of rotatable bonds is 2. The fourth-order valence-electron chi connectivity index (χ4n) is 2.21. The molecule has 0 atom stereocenters. The number of piperazine rings is 1. The van der Waals surface area contributed by atoms with Crippen LogP contribution in [0.2, 0.25) is 0 Å². The van der Waals surface area contributed by atoms with Gasteiger partial charge in [0.1, 0.15) is 0 Å². The number of nitrogens with one attached hydrogen (secondary N) is 2. The first-order valence-corrected chi connectivity index (χ1v) is 6.45. The summed E-state index contributed by atoms with van der Waals surface area (Å²) < 4.78 is 10.6. The molecule has 0 unspecified atom stereocenters. The minimum atomic E-state index is -0.0147. The Balaban J connectivity index is 1.55. The Morgan fingerprint density at radius 2 is 2.05 bits per heavy atom. The zero-order valence-corrected chi connectivity index (χ0v) is 10.6. The molecule has 2 heterocycles. The Bertz CT molecular complexity index is 472. The molecule has 6 heteroatoms. The van der Waals surface area contributed by atoms with Gasteiger partial charge in [-0.3, -0.25) is 0 Å². The molecular formula is C13H17N3O3. The SMILES string of the molecule is O=C(NCc1ccc2c(c1)OCO2)N1CCNCC1. The topological polar surface area (TPSA) is 62.8 Å². The van der Waals surface area contributed by atoms with Crippen LogP contribution in [0, 0.1) is 0 Å². The summed E-state index contributed by atoms with van der Waals surface area (Å²) in [6, 6.07) is 5.69. The van der Waals surface area contributed by atoms with Gasteiger partial charge in [-0.25, -0.2) is 4.79 Å². The van der Waals surface area contributed by atoms with Crippen molar-refractivity contribution in [3.05, 3.63) is 23.8 Å². The Morgan fingerprint density at radius 3 is 2.89 bits per heavy atom. The Labute approximate surface area is 111 Å². The van der Waals surface area contributed by atoms with Crippen LogP contribution in [0.1, 0.15) is 5.56 Å². The van der Waals surface area contributed by atoms with Gasteiger partial charge in [0, 0.05) is 32.7 Å². The van der Waals surface area contributed by atoms with Crippen LogP contribution in [0.3, 0.4) is 0 Å². The van der Waals surface area contributed by atoms with Crippen LogP contribution in [0.25, 0.3) is 0 Å². The van der Waals surface area contributed by atoms with Crippen LogP contribution >= 0.6 is 0 Å². The molecule has 19 heavy (non-hydrogen) atoms. The lowest BCUT2D eigenvalue weighted by molar-refractivity contribution is 0.174. The molecule has 1 aromatic carbocycles. The molecule has 2 N–H and O–H groups in total. The monoisotopic (exact) mass is 263 g/mol. The predicted octanol–water partition coefficient (Wildman–Crippen LogP) is 0.530. The zero-order chi connectivity index (χ0) is 13.1. The van der Waals surface area contributed by atoms with Gasteiger partial charge < -0.3 is 25.0 Å². The van der Waals surface area contributed by atoms with E-state index in [9.17, 15) is 4.79 Å². The van der Waals surface area contributed by atoms with Crippen LogP contribution in [0.15, 0.2) is 18.2 Å². The summed E-state index contributed by atoms with van der Waals surface area (Å²) in [5.74, 6) is 1.51. The third-order valence-corrected chi connectivity index (χ3v) is 3.28. The molecule has 0 saturated carbocycles. The van der Waals surface area contributed by atoms with Crippen LogP contribution in [-0.2, 0) is 6.54 Å². The summed E-state index contributed by atoms with van der Waals surface area (Å²) in [4.78, 5) is 13.8. The van der Waals surface area contributed by atoms with Gasteiger partial charge in [-0.15, -0.1) is 0 Å². The number of benzene rings is 1. The van der Waals surface area contributed by atoms with Gasteiger partial charge in [-0.2, -0.15) is 0 Å². The lowest BCUT2D eigenvalue weighted by Crippen LogP contribution is -2.50. The molecule has 0 aliphatic carbocycles. The van der Waals surface area contributed by atoms with Crippen molar-refractivity contribution < 1.29 is 14.3 Å². The summed E-state index contributed by atoms with van der Waals surface area (Å²) in [5, 5.41) is 6.14. The highest BCUT2D eigenvalue weighted by molar-refractivity contribution is 5.74. The van der Waals surface area contributed by atoms with E-state index in [2.05, 4.69) is 10.6 Å². The number of nitrogens with zero attached hydrogens (tertiary/aromatic N) is 1. The van der Waals surface area contributed by atoms with Crippen molar-refractivity contribution in [2.45, 2.75) is 6.54 Å². The van der Waals surface area contributed by atoms with Crippen LogP contribution in [0.5, 0.6) is 11.5 Å². The van der Waals surface area contributed by atoms with Crippen molar-refractivity contribution in [1.29, 1.82) is 0 Å². The highest BCUT2D eigenvalue weighted by atomic mass is 16.7. The molecule has 1 aromatic rings. The fraction of sp³-hybridized carbons (Fsp3) is 0.462. The number of fused-ring (bicyclic) bond motifs is 1. The number of amides is 2. The number of carbonyl (C=O) groups is 1. The normalized spacial score (nSPS) is 17.4. The van der Waals surface area contributed by atoms with E-state index in [0.717, 1.165) is 43.2 Å². The highest BCUT2D eigenvalue weighted by Gasteiger charge is 2.16. The van der Waals surface area contributed by atoms with Gasteiger partial charge in [0.2, 0.25) is 6.79 Å². The predicted molar refractivity (Wildman–Crippen MR) is 69.2 cm³/mol. The average Bonchev–Trinajstić information content (AvgIpc) is 2.93. The number of hydrogen-bond acceptors (Lipinski definition) is 4. The first-order chi connectivity index (χ1) is 9.33. The third kappa shape index (κ3) is 2.73. The van der Waals surface area contributed by atoms with Crippen molar-refractivity contribution >= 4 is 6.03 Å². The number of carbonyl (C=O) groups excluding carboxylic acids is 1. The number of urea groups is 1. The Hall–Kier alpha value is -1.95. The Kier molecular flexibility index (Phi) is 3.41. The molecule has 2 aliphatic rings. The standard InChI is InChI=1S/C13H17N3O3/c17-13(16-5-3-14-4-6-16)15-8-10-1-2-11-12(7-10)19-9-18-11/h1-2,7,14H,3-6,8-9H2,(H,15,17). The first-order valence-electron chi connectivity index (χ1n) is 6.45. The summed E-state index contributed by atoms with van der Waals surface area (Å²) in [7, 11) is 0. The fourth-order valence-corrected chi connectivity index (χ4v) is 2.21. The second-order valence-corrected chi connectivity index (χ2v) is 4.58. The minimum absolute atomic E-state index is 0.0147. The van der Waals surface area contributed by atoms with Gasteiger partial charge >= 0.3 is 6.03 Å². The summed E-state index contributed by atoms with van der Waals surface area (Å²) in [6.07, 6.45) is 0. The molecule has 0 radical (unpaired) electrons. The van der Waals surface area contributed by atoms with E-state index >= 15 is 0 Å². The largest absolute Gasteiger partial charge is 0.454 e. The summed E-state index contributed by atoms with van der Waals surface area (Å²) >= 11 is 0. The lowest BCUT2D eigenvalue weighted by atomic mass is 10.2. The van der Waals surface area contributed by atoms with E-state index in [0.29, 0.717) is 6.54 Å². The van der Waals surface area contributed by atoms with Crippen molar-refractivity contribution in [2.75, 3.05) is 33.0 Å². The molecule has 1 saturated heterocycles. The number of ether oxygens (including phenoxy) is 2. The summed E-state index contributed by atoms with van der Waals surface area (Å²) in [6.45, 7) is 4.00. The molecule has 0 spiro atoms. The van der Waals surface area contributed by atoms with Crippen molar-refractivity contribution in [2.24, 2.45) is 0 Å². The van der Waals surface area contributed by atoms with Crippen molar-refractivity contribution in [1.82, 2.24) is 15.5 Å². The van der Waals surface area contributed by atoms with Crippen molar-refractivity contribution in [3.63, 3.8) is 0 Å². The van der Waals surface area contributed by atoms with Gasteiger partial charge in [0.15, 0.2) is 11.5 Å². The first kappa shape index (κ1) is 12.1. The summed E-state index contributed by atoms with van der Waals surface area (Å²) in [5.41, 5.74) is 1.01. The smallest absolute Gasteiger partial charge is 0.317 e. The van der Waals surface area contributed by atoms with Crippen LogP contribution in [0.4, 0.5) is 4.79 Å². The van der Waals surface area contributed by atoms with Gasteiger partial charge in [0.25, 0.3) is 0 Å². The minimum Gasteiger partial charge on any atom is -0.454 e. The average molecular weight is 263 g/mol. The molecule has 3 rings (SSSR count). The Morgan fingerprint density at radius 1 is 1.26 bits per heavy atom. The maximum atomic E-state index is 11.9. The van der Waals surface area contributed by atoms with Crippen LogP contribution in [-0.4, -0.2) is 43.9 Å². The highest BCUT2D eigenvalue weighted by Crippen LogP contribution is 2.32. The molecular weight excluding hydrogens is 246 g/mol. The van der Waals surface area contributed by atoms with E-state index < -0.39 is 0 Å². The number of hydrogen-bond donors (Lipinski definition) is 2. The molecule has 0 bridgehead atoms. The second-order valence-electron chi connectivity index (χ2n) is 4.58.